The third kappa shape index (κ3) is 2.77. The quantitative estimate of drug-likeness (QED) is 0.627. The normalized spacial score (nSPS) is 25.6. The summed E-state index contributed by atoms with van der Waals surface area (Å²) in [4.78, 5) is 23.7. The van der Waals surface area contributed by atoms with Crippen LogP contribution in [0.25, 0.3) is 0 Å². The highest BCUT2D eigenvalue weighted by Crippen LogP contribution is 2.32. The summed E-state index contributed by atoms with van der Waals surface area (Å²) in [6.07, 6.45) is 3.54. The number of hydrogen-bond donors (Lipinski definition) is 0. The Labute approximate surface area is 124 Å². The number of anilines is 2. The van der Waals surface area contributed by atoms with Gasteiger partial charge in [0.05, 0.1) is 4.92 Å². The van der Waals surface area contributed by atoms with Crippen LogP contribution in [0.15, 0.2) is 6.20 Å². The Morgan fingerprint density at radius 2 is 1.81 bits per heavy atom. The molecule has 0 aromatic carbocycles. The fourth-order valence-corrected chi connectivity index (χ4v) is 3.12. The van der Waals surface area contributed by atoms with Gasteiger partial charge in [-0.2, -0.15) is 4.98 Å². The molecule has 7 heteroatoms. The van der Waals surface area contributed by atoms with Gasteiger partial charge in [-0.25, -0.2) is 4.98 Å². The zero-order chi connectivity index (χ0) is 15.0. The summed E-state index contributed by atoms with van der Waals surface area (Å²) in [5.41, 5.74) is 0.0140. The van der Waals surface area contributed by atoms with Crippen molar-refractivity contribution in [2.75, 3.05) is 36.0 Å². The molecule has 2 aliphatic rings. The molecule has 0 spiro atoms. The number of hydrogen-bond acceptors (Lipinski definition) is 6. The largest absolute Gasteiger partial charge is 0.350 e. The Hall–Kier alpha value is -1.92. The van der Waals surface area contributed by atoms with Crippen molar-refractivity contribution < 1.29 is 4.92 Å². The Morgan fingerprint density at radius 3 is 2.33 bits per heavy atom. The molecule has 3 rings (SSSR count). The Morgan fingerprint density at radius 1 is 1.19 bits per heavy atom. The molecule has 7 nitrogen and oxygen atoms in total. The summed E-state index contributed by atoms with van der Waals surface area (Å²) in [6.45, 7) is 7.87. The van der Waals surface area contributed by atoms with E-state index in [4.69, 9.17) is 0 Å². The van der Waals surface area contributed by atoms with Crippen molar-refractivity contribution in [1.29, 1.82) is 0 Å². The van der Waals surface area contributed by atoms with Crippen LogP contribution in [0.2, 0.25) is 0 Å². The van der Waals surface area contributed by atoms with Crippen molar-refractivity contribution in [2.45, 2.75) is 26.7 Å². The summed E-state index contributed by atoms with van der Waals surface area (Å²) in [5, 5.41) is 11.2. The van der Waals surface area contributed by atoms with Crippen molar-refractivity contribution in [3.05, 3.63) is 16.3 Å². The van der Waals surface area contributed by atoms with Crippen molar-refractivity contribution in [1.82, 2.24) is 9.97 Å². The zero-order valence-electron chi connectivity index (χ0n) is 12.5. The minimum Gasteiger partial charge on any atom is -0.350 e. The van der Waals surface area contributed by atoms with E-state index < -0.39 is 0 Å². The molecule has 0 aliphatic carbocycles. The van der Waals surface area contributed by atoms with Crippen LogP contribution in [0.3, 0.4) is 0 Å². The van der Waals surface area contributed by atoms with Crippen LogP contribution in [0, 0.1) is 22.0 Å². The smallest absolute Gasteiger partial charge is 0.329 e. The van der Waals surface area contributed by atoms with Crippen molar-refractivity contribution in [3.63, 3.8) is 0 Å². The minimum atomic E-state index is -0.380. The molecule has 0 bridgehead atoms. The highest BCUT2D eigenvalue weighted by molar-refractivity contribution is 5.60. The molecule has 2 atom stereocenters. The molecular formula is C14H21N5O2. The predicted molar refractivity (Wildman–Crippen MR) is 80.7 cm³/mol. The van der Waals surface area contributed by atoms with Crippen LogP contribution < -0.4 is 9.80 Å². The molecule has 2 aliphatic heterocycles. The second-order valence-electron chi connectivity index (χ2n) is 6.32. The minimum absolute atomic E-state index is 0.0140. The van der Waals surface area contributed by atoms with Crippen molar-refractivity contribution in [3.8, 4) is 0 Å². The molecular weight excluding hydrogens is 270 g/mol. The van der Waals surface area contributed by atoms with Crippen LogP contribution in [-0.4, -0.2) is 41.1 Å². The van der Waals surface area contributed by atoms with Gasteiger partial charge in [0.25, 0.3) is 0 Å². The number of aromatic nitrogens is 2. The van der Waals surface area contributed by atoms with E-state index in [2.05, 4.69) is 28.7 Å². The monoisotopic (exact) mass is 291 g/mol. The van der Waals surface area contributed by atoms with Gasteiger partial charge in [-0.15, -0.1) is 0 Å². The van der Waals surface area contributed by atoms with Gasteiger partial charge in [0.15, 0.2) is 0 Å². The van der Waals surface area contributed by atoms with Crippen molar-refractivity contribution >= 4 is 17.5 Å². The van der Waals surface area contributed by atoms with Crippen LogP contribution in [0.4, 0.5) is 17.5 Å². The van der Waals surface area contributed by atoms with Crippen molar-refractivity contribution in [2.24, 2.45) is 11.8 Å². The lowest BCUT2D eigenvalue weighted by Gasteiger charge is -2.20. The fourth-order valence-electron chi connectivity index (χ4n) is 3.12. The van der Waals surface area contributed by atoms with Gasteiger partial charge in [-0.3, -0.25) is 10.1 Å². The fraction of sp³-hybridized carbons (Fsp3) is 0.714. The standard InChI is InChI=1S/C14H21N5O2/c1-10-3-5-17(8-10)13-12(19(20)21)7-15-14(16-13)18-6-4-11(2)9-18/h7,10-11H,3-6,8-9H2,1-2H3. The van der Waals surface area contributed by atoms with E-state index in [-0.39, 0.29) is 10.6 Å². The second-order valence-corrected chi connectivity index (χ2v) is 6.32. The van der Waals surface area contributed by atoms with E-state index in [0.717, 1.165) is 39.0 Å². The Balaban J connectivity index is 1.92. The summed E-state index contributed by atoms with van der Waals surface area (Å²) in [6, 6.07) is 0. The Kier molecular flexibility index (Phi) is 3.65. The van der Waals surface area contributed by atoms with Gasteiger partial charge in [-0.1, -0.05) is 13.8 Å². The molecule has 2 unspecified atom stereocenters. The molecule has 2 fully saturated rings. The molecule has 3 heterocycles. The van der Waals surface area contributed by atoms with E-state index in [9.17, 15) is 10.1 Å². The third-order valence-corrected chi connectivity index (χ3v) is 4.36. The maximum Gasteiger partial charge on any atom is 0.329 e. The first-order chi connectivity index (χ1) is 10.0. The summed E-state index contributed by atoms with van der Waals surface area (Å²) in [7, 11) is 0. The molecule has 0 amide bonds. The lowest BCUT2D eigenvalue weighted by molar-refractivity contribution is -0.384. The first-order valence-electron chi connectivity index (χ1n) is 7.56. The van der Waals surface area contributed by atoms with Gasteiger partial charge < -0.3 is 9.80 Å². The SMILES string of the molecule is CC1CCN(c2ncc([N+](=O)[O-])c(N3CCC(C)C3)n2)C1. The van der Waals surface area contributed by atoms with Gasteiger partial charge in [0.1, 0.15) is 6.20 Å². The van der Waals surface area contributed by atoms with Crippen LogP contribution in [-0.2, 0) is 0 Å². The number of rotatable bonds is 3. The predicted octanol–water partition coefficient (Wildman–Crippen LogP) is 2.08. The molecule has 0 saturated carbocycles. The first-order valence-corrected chi connectivity index (χ1v) is 7.56. The topological polar surface area (TPSA) is 75.4 Å². The van der Waals surface area contributed by atoms with Crippen LogP contribution in [0.5, 0.6) is 0 Å². The average Bonchev–Trinajstić information content (AvgIpc) is 3.07. The van der Waals surface area contributed by atoms with E-state index in [1.165, 1.54) is 6.20 Å². The number of nitro groups is 1. The molecule has 114 valence electrons. The summed E-state index contributed by atoms with van der Waals surface area (Å²) in [5.74, 6) is 2.28. The van der Waals surface area contributed by atoms with Gasteiger partial charge in [0.2, 0.25) is 11.8 Å². The first kappa shape index (κ1) is 14.0. The summed E-state index contributed by atoms with van der Waals surface area (Å²) < 4.78 is 0. The number of nitrogens with zero attached hydrogens (tertiary/aromatic N) is 5. The van der Waals surface area contributed by atoms with E-state index in [1.807, 2.05) is 4.90 Å². The van der Waals surface area contributed by atoms with Gasteiger partial charge in [0, 0.05) is 26.2 Å². The molecule has 21 heavy (non-hydrogen) atoms. The molecule has 2 saturated heterocycles. The second kappa shape index (κ2) is 5.46. The highest BCUT2D eigenvalue weighted by atomic mass is 16.6. The Bertz CT molecular complexity index is 550. The lowest BCUT2D eigenvalue weighted by atomic mass is 10.2. The van der Waals surface area contributed by atoms with Crippen LogP contribution >= 0.6 is 0 Å². The lowest BCUT2D eigenvalue weighted by Crippen LogP contribution is -2.26. The van der Waals surface area contributed by atoms with Gasteiger partial charge >= 0.3 is 5.69 Å². The zero-order valence-corrected chi connectivity index (χ0v) is 12.5. The third-order valence-electron chi connectivity index (χ3n) is 4.36. The maximum absolute atomic E-state index is 11.2. The van der Waals surface area contributed by atoms with E-state index >= 15 is 0 Å². The van der Waals surface area contributed by atoms with Crippen LogP contribution in [0.1, 0.15) is 26.7 Å². The average molecular weight is 291 g/mol. The van der Waals surface area contributed by atoms with E-state index in [1.54, 1.807) is 0 Å². The van der Waals surface area contributed by atoms with Gasteiger partial charge in [-0.05, 0) is 24.7 Å². The molecule has 1 aromatic heterocycles. The molecule has 0 radical (unpaired) electrons. The molecule has 0 N–H and O–H groups in total. The maximum atomic E-state index is 11.2. The molecule has 1 aromatic rings. The highest BCUT2D eigenvalue weighted by Gasteiger charge is 2.29. The summed E-state index contributed by atoms with van der Waals surface area (Å²) >= 11 is 0. The van der Waals surface area contributed by atoms with E-state index in [0.29, 0.717) is 23.6 Å².